The molecule has 4 atom stereocenters. The first kappa shape index (κ1) is 23.2. The van der Waals surface area contributed by atoms with Gasteiger partial charge in [0.25, 0.3) is 0 Å². The molecule has 0 saturated carbocycles. The molecule has 26 heavy (non-hydrogen) atoms. The number of carbonyl (C=O) groups is 5. The second kappa shape index (κ2) is 11.0. The SMILES string of the molecule is CC(O)C(N)C(=O)NC(CC(N)=O)C(=O)NCC(=O)NC(CO)C(=O)O. The van der Waals surface area contributed by atoms with Crippen LogP contribution in [0, 0.1) is 0 Å². The van der Waals surface area contributed by atoms with Gasteiger partial charge in [-0.05, 0) is 6.92 Å². The molecule has 4 unspecified atom stereocenters. The van der Waals surface area contributed by atoms with Crippen molar-refractivity contribution in [3.8, 4) is 0 Å². The average Bonchev–Trinajstić information content (AvgIpc) is 2.55. The van der Waals surface area contributed by atoms with Crippen molar-refractivity contribution in [2.75, 3.05) is 13.2 Å². The minimum atomic E-state index is -1.55. The number of hydrogen-bond donors (Lipinski definition) is 8. The van der Waals surface area contributed by atoms with Crippen molar-refractivity contribution < 1.29 is 39.3 Å². The third kappa shape index (κ3) is 8.36. The fourth-order valence-corrected chi connectivity index (χ4v) is 1.62. The summed E-state index contributed by atoms with van der Waals surface area (Å²) >= 11 is 0. The number of carbonyl (C=O) groups excluding carboxylic acids is 4. The van der Waals surface area contributed by atoms with Crippen LogP contribution in [0.5, 0.6) is 0 Å². The molecule has 0 aliphatic rings. The fraction of sp³-hybridized carbons (Fsp3) is 0.615. The van der Waals surface area contributed by atoms with E-state index in [0.29, 0.717) is 0 Å². The zero-order valence-electron chi connectivity index (χ0n) is 14.0. The van der Waals surface area contributed by atoms with Crippen LogP contribution in [0.2, 0.25) is 0 Å². The molecule has 13 nitrogen and oxygen atoms in total. The predicted molar refractivity (Wildman–Crippen MR) is 85.1 cm³/mol. The molecule has 0 aromatic carbocycles. The summed E-state index contributed by atoms with van der Waals surface area (Å²) in [5, 5.41) is 32.9. The zero-order valence-corrected chi connectivity index (χ0v) is 14.0. The first-order chi connectivity index (χ1) is 12.0. The first-order valence-corrected chi connectivity index (χ1v) is 7.42. The highest BCUT2D eigenvalue weighted by molar-refractivity contribution is 5.95. The van der Waals surface area contributed by atoms with Crippen LogP contribution in [0.15, 0.2) is 0 Å². The normalized spacial score (nSPS) is 15.1. The fourth-order valence-electron chi connectivity index (χ4n) is 1.62. The summed E-state index contributed by atoms with van der Waals surface area (Å²) in [6, 6.07) is -4.36. The lowest BCUT2D eigenvalue weighted by molar-refractivity contribution is -0.143. The van der Waals surface area contributed by atoms with E-state index in [-0.39, 0.29) is 0 Å². The number of aliphatic hydroxyl groups excluding tert-OH is 2. The molecule has 0 rings (SSSR count). The zero-order chi connectivity index (χ0) is 20.4. The lowest BCUT2D eigenvalue weighted by Crippen LogP contribution is -2.56. The van der Waals surface area contributed by atoms with E-state index < -0.39 is 73.4 Å². The molecule has 0 aromatic rings. The third-order valence-corrected chi connectivity index (χ3v) is 3.10. The minimum absolute atomic E-state index is 0.597. The van der Waals surface area contributed by atoms with Crippen LogP contribution in [0.1, 0.15) is 13.3 Å². The molecular formula is C13H23N5O8. The van der Waals surface area contributed by atoms with Gasteiger partial charge in [-0.25, -0.2) is 4.79 Å². The van der Waals surface area contributed by atoms with E-state index in [9.17, 15) is 29.1 Å². The lowest BCUT2D eigenvalue weighted by atomic mass is 10.1. The summed E-state index contributed by atoms with van der Waals surface area (Å²) < 4.78 is 0. The number of rotatable bonds is 11. The van der Waals surface area contributed by atoms with Gasteiger partial charge in [-0.1, -0.05) is 0 Å². The molecule has 0 fully saturated rings. The largest absolute Gasteiger partial charge is 0.480 e. The van der Waals surface area contributed by atoms with Gasteiger partial charge in [-0.2, -0.15) is 0 Å². The first-order valence-electron chi connectivity index (χ1n) is 7.42. The van der Waals surface area contributed by atoms with Gasteiger partial charge in [0, 0.05) is 0 Å². The number of aliphatic hydroxyl groups is 2. The standard InChI is InChI=1S/C13H23N5O8/c1-5(20)10(15)12(24)18-6(2-8(14)21)11(23)16-3-9(22)17-7(4-19)13(25)26/h5-7,10,19-20H,2-4,15H2,1H3,(H2,14,21)(H,16,23)(H,17,22)(H,18,24)(H,25,26). The highest BCUT2D eigenvalue weighted by Crippen LogP contribution is 1.96. The number of nitrogens with two attached hydrogens (primary N) is 2. The smallest absolute Gasteiger partial charge is 0.328 e. The number of aliphatic carboxylic acids is 1. The number of hydrogen-bond acceptors (Lipinski definition) is 8. The second-order valence-corrected chi connectivity index (χ2v) is 5.36. The maximum Gasteiger partial charge on any atom is 0.328 e. The topological polar surface area (TPSA) is 234 Å². The monoisotopic (exact) mass is 377 g/mol. The van der Waals surface area contributed by atoms with Gasteiger partial charge in [0.2, 0.25) is 23.6 Å². The highest BCUT2D eigenvalue weighted by Gasteiger charge is 2.27. The Balaban J connectivity index is 4.79. The molecule has 13 heteroatoms. The Morgan fingerprint density at radius 2 is 1.62 bits per heavy atom. The predicted octanol–water partition coefficient (Wildman–Crippen LogP) is -5.27. The van der Waals surface area contributed by atoms with Crippen molar-refractivity contribution in [1.82, 2.24) is 16.0 Å². The quantitative estimate of drug-likeness (QED) is 0.171. The van der Waals surface area contributed by atoms with Crippen LogP contribution >= 0.6 is 0 Å². The molecule has 148 valence electrons. The van der Waals surface area contributed by atoms with Gasteiger partial charge < -0.3 is 42.7 Å². The van der Waals surface area contributed by atoms with Gasteiger partial charge in [0.05, 0.1) is 25.7 Å². The molecule has 0 radical (unpaired) electrons. The van der Waals surface area contributed by atoms with E-state index in [2.05, 4.69) is 10.6 Å². The summed E-state index contributed by atoms with van der Waals surface area (Å²) in [6.07, 6.45) is -1.82. The number of carboxylic acid groups (broad SMARTS) is 1. The molecule has 0 spiro atoms. The van der Waals surface area contributed by atoms with Crippen LogP contribution in [0.25, 0.3) is 0 Å². The van der Waals surface area contributed by atoms with Gasteiger partial charge in [0.1, 0.15) is 18.1 Å². The van der Waals surface area contributed by atoms with Gasteiger partial charge in [-0.15, -0.1) is 0 Å². The Morgan fingerprint density at radius 3 is 2.04 bits per heavy atom. The summed E-state index contributed by atoms with van der Waals surface area (Å²) in [5.74, 6) is -5.20. The molecule has 0 aliphatic heterocycles. The van der Waals surface area contributed by atoms with Crippen molar-refractivity contribution in [3.63, 3.8) is 0 Å². The van der Waals surface area contributed by atoms with Crippen LogP contribution in [-0.2, 0) is 24.0 Å². The summed E-state index contributed by atoms with van der Waals surface area (Å²) in [5.41, 5.74) is 10.4. The highest BCUT2D eigenvalue weighted by atomic mass is 16.4. The van der Waals surface area contributed by atoms with Crippen molar-refractivity contribution in [1.29, 1.82) is 0 Å². The lowest BCUT2D eigenvalue weighted by Gasteiger charge is -2.21. The van der Waals surface area contributed by atoms with E-state index >= 15 is 0 Å². The van der Waals surface area contributed by atoms with Gasteiger partial charge >= 0.3 is 5.97 Å². The number of nitrogens with one attached hydrogen (secondary N) is 3. The Kier molecular flexibility index (Phi) is 9.80. The summed E-state index contributed by atoms with van der Waals surface area (Å²) in [7, 11) is 0. The van der Waals surface area contributed by atoms with Crippen molar-refractivity contribution >= 4 is 29.6 Å². The molecule has 0 bridgehead atoms. The van der Waals surface area contributed by atoms with Gasteiger partial charge in [-0.3, -0.25) is 19.2 Å². The van der Waals surface area contributed by atoms with E-state index in [1.165, 1.54) is 6.92 Å². The maximum absolute atomic E-state index is 12.0. The molecule has 4 amide bonds. The maximum atomic E-state index is 12.0. The molecule has 0 aromatic heterocycles. The van der Waals surface area contributed by atoms with Crippen molar-refractivity contribution in [2.45, 2.75) is 37.6 Å². The summed E-state index contributed by atoms with van der Waals surface area (Å²) in [6.45, 7) is -0.291. The van der Waals surface area contributed by atoms with Gasteiger partial charge in [0.15, 0.2) is 0 Å². The number of primary amides is 1. The number of amides is 4. The average molecular weight is 377 g/mol. The van der Waals surface area contributed by atoms with Crippen LogP contribution < -0.4 is 27.4 Å². The Morgan fingerprint density at radius 1 is 1.04 bits per heavy atom. The summed E-state index contributed by atoms with van der Waals surface area (Å²) in [4.78, 5) is 57.1. The van der Waals surface area contributed by atoms with Crippen LogP contribution in [0.3, 0.4) is 0 Å². The van der Waals surface area contributed by atoms with Crippen LogP contribution in [-0.4, -0.2) is 82.3 Å². The molecule has 10 N–H and O–H groups in total. The molecule has 0 aliphatic carbocycles. The Labute approximate surface area is 148 Å². The van der Waals surface area contributed by atoms with E-state index in [4.69, 9.17) is 21.7 Å². The minimum Gasteiger partial charge on any atom is -0.480 e. The Hall–Kier alpha value is -2.77. The van der Waals surface area contributed by atoms with E-state index in [0.717, 1.165) is 0 Å². The second-order valence-electron chi connectivity index (χ2n) is 5.36. The van der Waals surface area contributed by atoms with E-state index in [1.807, 2.05) is 5.32 Å². The van der Waals surface area contributed by atoms with Crippen molar-refractivity contribution in [2.24, 2.45) is 11.5 Å². The molecule has 0 heterocycles. The molecular weight excluding hydrogens is 354 g/mol. The van der Waals surface area contributed by atoms with Crippen LogP contribution in [0.4, 0.5) is 0 Å². The number of carboxylic acids is 1. The Bertz CT molecular complexity index is 553. The van der Waals surface area contributed by atoms with Crippen molar-refractivity contribution in [3.05, 3.63) is 0 Å². The third-order valence-electron chi connectivity index (χ3n) is 3.10. The van der Waals surface area contributed by atoms with E-state index in [1.54, 1.807) is 0 Å². The molecule has 0 saturated heterocycles.